The summed E-state index contributed by atoms with van der Waals surface area (Å²) in [5.74, 6) is 0.718. The quantitative estimate of drug-likeness (QED) is 0.694. The van der Waals surface area contributed by atoms with E-state index in [-0.39, 0.29) is 36.3 Å². The second-order valence-electron chi connectivity index (χ2n) is 7.01. The van der Waals surface area contributed by atoms with E-state index in [9.17, 15) is 9.59 Å². The van der Waals surface area contributed by atoms with Crippen molar-refractivity contribution in [3.05, 3.63) is 27.2 Å². The second-order valence-corrected chi connectivity index (χ2v) is 7.01. The molecule has 1 saturated heterocycles. The number of nitrogens with zero attached hydrogens (tertiary/aromatic N) is 2. The van der Waals surface area contributed by atoms with Crippen LogP contribution < -0.4 is 16.2 Å². The standard InChI is InChI=1S/C18H27N5O2.2ClH/c1-11-14(12(2)21-17-16(11)18(25)22-23(17)3)10-20-15(24)5-4-13-6-8-19-9-7-13;;/h13,19H,4-10H2,1-3H3,(H,20,24)(H,22,25);2*1H. The maximum atomic E-state index is 12.2. The Balaban J connectivity index is 0.00000182. The molecule has 9 heteroatoms. The minimum atomic E-state index is -0.138. The van der Waals surface area contributed by atoms with Crippen molar-refractivity contribution >= 4 is 41.8 Å². The SMILES string of the molecule is Cc1nc2c(c(C)c1CNC(=O)CCC1CCNCC1)c(=O)[nH]n2C.Cl.Cl. The van der Waals surface area contributed by atoms with E-state index in [2.05, 4.69) is 20.7 Å². The molecule has 0 saturated carbocycles. The highest BCUT2D eigenvalue weighted by molar-refractivity contribution is 5.85. The lowest BCUT2D eigenvalue weighted by atomic mass is 9.93. The van der Waals surface area contributed by atoms with Gasteiger partial charge in [0.05, 0.1) is 5.39 Å². The highest BCUT2D eigenvalue weighted by atomic mass is 35.5. The molecule has 3 rings (SSSR count). The highest BCUT2D eigenvalue weighted by Gasteiger charge is 2.17. The number of carbonyl (C=O) groups is 1. The van der Waals surface area contributed by atoms with Crippen LogP contribution in [0.1, 0.15) is 42.5 Å². The monoisotopic (exact) mass is 417 g/mol. The van der Waals surface area contributed by atoms with Crippen LogP contribution in [0.15, 0.2) is 4.79 Å². The molecule has 0 bridgehead atoms. The molecule has 1 aliphatic heterocycles. The van der Waals surface area contributed by atoms with Gasteiger partial charge in [-0.1, -0.05) is 0 Å². The molecule has 1 fully saturated rings. The second kappa shape index (κ2) is 10.1. The molecule has 1 aliphatic rings. The van der Waals surface area contributed by atoms with Crippen molar-refractivity contribution in [2.24, 2.45) is 13.0 Å². The molecule has 0 spiro atoms. The van der Waals surface area contributed by atoms with Crippen molar-refractivity contribution in [3.8, 4) is 0 Å². The van der Waals surface area contributed by atoms with Gasteiger partial charge in [-0.05, 0) is 63.2 Å². The van der Waals surface area contributed by atoms with Gasteiger partial charge in [0.2, 0.25) is 5.91 Å². The molecule has 0 unspecified atom stereocenters. The smallest absolute Gasteiger partial charge is 0.273 e. The van der Waals surface area contributed by atoms with Crippen molar-refractivity contribution in [2.75, 3.05) is 13.1 Å². The summed E-state index contributed by atoms with van der Waals surface area (Å²) in [6.45, 7) is 6.37. The fourth-order valence-electron chi connectivity index (χ4n) is 3.69. The number of hydrogen-bond donors (Lipinski definition) is 3. The number of fused-ring (bicyclic) bond motifs is 1. The molecule has 0 radical (unpaired) electrons. The Hall–Kier alpha value is -1.57. The van der Waals surface area contributed by atoms with E-state index < -0.39 is 0 Å². The van der Waals surface area contributed by atoms with E-state index in [1.54, 1.807) is 11.7 Å². The fourth-order valence-corrected chi connectivity index (χ4v) is 3.69. The summed E-state index contributed by atoms with van der Waals surface area (Å²) in [5.41, 5.74) is 3.18. The molecule has 2 aromatic heterocycles. The van der Waals surface area contributed by atoms with Gasteiger partial charge in [0.1, 0.15) is 0 Å². The lowest BCUT2D eigenvalue weighted by Gasteiger charge is -2.22. The predicted molar refractivity (Wildman–Crippen MR) is 112 cm³/mol. The molecule has 152 valence electrons. The van der Waals surface area contributed by atoms with Gasteiger partial charge in [-0.25, -0.2) is 4.98 Å². The number of pyridine rings is 1. The van der Waals surface area contributed by atoms with Gasteiger partial charge in [0, 0.05) is 25.7 Å². The molecule has 27 heavy (non-hydrogen) atoms. The number of rotatable bonds is 5. The summed E-state index contributed by atoms with van der Waals surface area (Å²) in [5, 5.41) is 9.68. The first-order valence-electron chi connectivity index (χ1n) is 8.99. The Morgan fingerprint density at radius 1 is 1.26 bits per heavy atom. The largest absolute Gasteiger partial charge is 0.352 e. The zero-order valence-corrected chi connectivity index (χ0v) is 17.7. The number of aryl methyl sites for hydroxylation is 3. The molecule has 0 aromatic carbocycles. The zero-order chi connectivity index (χ0) is 18.0. The van der Waals surface area contributed by atoms with Crippen LogP contribution in [0.2, 0.25) is 0 Å². The third-order valence-corrected chi connectivity index (χ3v) is 5.28. The van der Waals surface area contributed by atoms with Gasteiger partial charge in [-0.3, -0.25) is 19.4 Å². The minimum Gasteiger partial charge on any atom is -0.352 e. The number of carbonyl (C=O) groups excluding carboxylic acids is 1. The van der Waals surface area contributed by atoms with Crippen LogP contribution >= 0.6 is 24.8 Å². The fraction of sp³-hybridized carbons (Fsp3) is 0.611. The van der Waals surface area contributed by atoms with Crippen molar-refractivity contribution in [1.29, 1.82) is 0 Å². The Morgan fingerprint density at radius 2 is 1.93 bits per heavy atom. The number of aromatic nitrogens is 3. The van der Waals surface area contributed by atoms with Crippen LogP contribution in [0.5, 0.6) is 0 Å². The Labute approximate surface area is 171 Å². The van der Waals surface area contributed by atoms with E-state index in [1.807, 2.05) is 13.8 Å². The molecule has 0 aliphatic carbocycles. The van der Waals surface area contributed by atoms with Crippen molar-refractivity contribution in [1.82, 2.24) is 25.4 Å². The van der Waals surface area contributed by atoms with E-state index in [1.165, 1.54) is 0 Å². The van der Waals surface area contributed by atoms with Crippen molar-refractivity contribution in [2.45, 2.75) is 46.1 Å². The first-order chi connectivity index (χ1) is 12.0. The normalized spacial score (nSPS) is 14.5. The summed E-state index contributed by atoms with van der Waals surface area (Å²) in [6.07, 6.45) is 3.82. The number of hydrogen-bond acceptors (Lipinski definition) is 4. The Bertz CT molecular complexity index is 840. The lowest BCUT2D eigenvalue weighted by Crippen LogP contribution is -2.29. The number of H-pyrrole nitrogens is 1. The average molecular weight is 418 g/mol. The summed E-state index contributed by atoms with van der Waals surface area (Å²) < 4.78 is 1.64. The van der Waals surface area contributed by atoms with E-state index in [0.29, 0.717) is 29.9 Å². The van der Waals surface area contributed by atoms with Crippen LogP contribution in [0.4, 0.5) is 0 Å². The number of halogens is 2. The molecule has 3 heterocycles. The Morgan fingerprint density at radius 3 is 2.59 bits per heavy atom. The molecule has 2 aromatic rings. The van der Waals surface area contributed by atoms with Gasteiger partial charge >= 0.3 is 0 Å². The van der Waals surface area contributed by atoms with E-state index in [4.69, 9.17) is 0 Å². The molecular weight excluding hydrogens is 389 g/mol. The van der Waals surface area contributed by atoms with Crippen LogP contribution in [0.3, 0.4) is 0 Å². The van der Waals surface area contributed by atoms with Crippen molar-refractivity contribution < 1.29 is 4.79 Å². The molecule has 7 nitrogen and oxygen atoms in total. The maximum Gasteiger partial charge on any atom is 0.273 e. The average Bonchev–Trinajstić information content (AvgIpc) is 2.87. The van der Waals surface area contributed by atoms with Crippen molar-refractivity contribution in [3.63, 3.8) is 0 Å². The first-order valence-corrected chi connectivity index (χ1v) is 8.99. The van der Waals surface area contributed by atoms with Gasteiger partial charge < -0.3 is 10.6 Å². The molecule has 1 amide bonds. The summed E-state index contributed by atoms with van der Waals surface area (Å²) in [6, 6.07) is 0. The highest BCUT2D eigenvalue weighted by Crippen LogP contribution is 2.20. The number of aromatic amines is 1. The Kier molecular flexibility index (Phi) is 8.78. The van der Waals surface area contributed by atoms with Crippen LogP contribution in [0.25, 0.3) is 11.0 Å². The van der Waals surface area contributed by atoms with E-state index in [0.717, 1.165) is 49.2 Å². The zero-order valence-electron chi connectivity index (χ0n) is 16.1. The first kappa shape index (κ1) is 23.5. The lowest BCUT2D eigenvalue weighted by molar-refractivity contribution is -0.121. The number of amides is 1. The molecule has 3 N–H and O–H groups in total. The van der Waals surface area contributed by atoms with Gasteiger partial charge in [-0.2, -0.15) is 0 Å². The summed E-state index contributed by atoms with van der Waals surface area (Å²) >= 11 is 0. The molecule has 0 atom stereocenters. The maximum absolute atomic E-state index is 12.2. The number of piperidine rings is 1. The van der Waals surface area contributed by atoms with Gasteiger partial charge in [0.25, 0.3) is 5.56 Å². The summed E-state index contributed by atoms with van der Waals surface area (Å²) in [7, 11) is 1.78. The summed E-state index contributed by atoms with van der Waals surface area (Å²) in [4.78, 5) is 28.8. The van der Waals surface area contributed by atoms with Gasteiger partial charge in [-0.15, -0.1) is 24.8 Å². The minimum absolute atomic E-state index is 0. The van der Waals surface area contributed by atoms with Crippen LogP contribution in [-0.4, -0.2) is 33.8 Å². The third-order valence-electron chi connectivity index (χ3n) is 5.28. The topological polar surface area (TPSA) is 91.8 Å². The van der Waals surface area contributed by atoms with Crippen LogP contribution in [-0.2, 0) is 18.4 Å². The van der Waals surface area contributed by atoms with E-state index >= 15 is 0 Å². The van der Waals surface area contributed by atoms with Gasteiger partial charge in [0.15, 0.2) is 5.65 Å². The predicted octanol–water partition coefficient (Wildman–Crippen LogP) is 2.12. The molecular formula is C18H29Cl2N5O2. The van der Waals surface area contributed by atoms with Crippen LogP contribution in [0, 0.1) is 19.8 Å². The number of nitrogens with one attached hydrogen (secondary N) is 3. The third kappa shape index (κ3) is 5.24.